The molecule has 2 atom stereocenters. The van der Waals surface area contributed by atoms with Crippen LogP contribution in [0.25, 0.3) is 11.8 Å². The number of benzene rings is 2. The molecule has 3 heterocycles. The zero-order valence-electron chi connectivity index (χ0n) is 16.5. The molecular weight excluding hydrogens is 494 g/mol. The summed E-state index contributed by atoms with van der Waals surface area (Å²) in [5, 5.41) is 25.3. The number of halogens is 2. The van der Waals surface area contributed by atoms with Crippen molar-refractivity contribution in [3.05, 3.63) is 86.5 Å². The second-order valence-corrected chi connectivity index (χ2v) is 13.8. The summed E-state index contributed by atoms with van der Waals surface area (Å²) in [5.41, 5.74) is 4.95. The molecule has 1 aromatic heterocycles. The monoisotopic (exact) mass is 518 g/mol. The minimum atomic E-state index is -1.61. The van der Waals surface area contributed by atoms with Crippen molar-refractivity contribution >= 4 is 25.9 Å². The van der Waals surface area contributed by atoms with E-state index in [1.165, 1.54) is 21.3 Å². The Morgan fingerprint density at radius 1 is 1.20 bits per heavy atom. The fourth-order valence-electron chi connectivity index (χ4n) is 4.35. The Labute approximate surface area is 182 Å². The summed E-state index contributed by atoms with van der Waals surface area (Å²) in [4.78, 5) is 0. The summed E-state index contributed by atoms with van der Waals surface area (Å²) < 4.78 is 18.0. The van der Waals surface area contributed by atoms with Crippen LogP contribution in [-0.2, 0) is 11.0 Å². The molecule has 30 heavy (non-hydrogen) atoms. The number of fused-ring (bicyclic) bond motifs is 2. The average Bonchev–Trinajstić information content (AvgIpc) is 3.20. The molecule has 5 rings (SSSR count). The number of alkyl halides is 2. The van der Waals surface area contributed by atoms with Crippen LogP contribution in [0.3, 0.4) is 0 Å². The molecule has 4 nitrogen and oxygen atoms in total. The van der Waals surface area contributed by atoms with E-state index < -0.39 is 25.9 Å². The first-order chi connectivity index (χ1) is 14.6. The van der Waals surface area contributed by atoms with Gasteiger partial charge in [0.25, 0.3) is 0 Å². The van der Waals surface area contributed by atoms with Gasteiger partial charge in [0.15, 0.2) is 0 Å². The van der Waals surface area contributed by atoms with Crippen molar-refractivity contribution in [3.63, 3.8) is 0 Å². The van der Waals surface area contributed by atoms with Gasteiger partial charge in [-0.25, -0.2) is 0 Å². The van der Waals surface area contributed by atoms with E-state index in [0.29, 0.717) is 3.92 Å². The van der Waals surface area contributed by atoms with Gasteiger partial charge in [-0.3, -0.25) is 0 Å². The summed E-state index contributed by atoms with van der Waals surface area (Å²) in [5.74, 6) is -0.249. The van der Waals surface area contributed by atoms with Gasteiger partial charge in [0.05, 0.1) is 0 Å². The number of aromatic nitrogens is 2. The number of allylic oxidation sites excluding steroid dienone is 1. The van der Waals surface area contributed by atoms with Crippen LogP contribution in [0.2, 0.25) is 0 Å². The van der Waals surface area contributed by atoms with Crippen molar-refractivity contribution in [2.75, 3.05) is 0 Å². The Hall–Kier alpha value is -2.03. The summed E-state index contributed by atoms with van der Waals surface area (Å²) >= 11 is -1.61. The van der Waals surface area contributed by atoms with Gasteiger partial charge in [0.1, 0.15) is 0 Å². The third kappa shape index (κ3) is 3.61. The Balaban J connectivity index is 1.46. The van der Waals surface area contributed by atoms with E-state index in [2.05, 4.69) is 11.2 Å². The van der Waals surface area contributed by atoms with Crippen LogP contribution in [0, 0.1) is 5.82 Å². The Kier molecular flexibility index (Phi) is 5.47. The van der Waals surface area contributed by atoms with Crippen LogP contribution < -0.4 is 0 Å². The fourth-order valence-corrected chi connectivity index (χ4v) is 12.1. The molecule has 2 N–H and O–H groups in total. The molecule has 2 aromatic carbocycles. The Morgan fingerprint density at radius 3 is 2.83 bits per heavy atom. The topological polar surface area (TPSA) is 58.3 Å². The predicted octanol–water partition coefficient (Wildman–Crippen LogP) is 5.15. The van der Waals surface area contributed by atoms with Crippen LogP contribution in [0.5, 0.6) is 0 Å². The van der Waals surface area contributed by atoms with Gasteiger partial charge >= 0.3 is 183 Å². The zero-order valence-corrected chi connectivity index (χ0v) is 18.7. The van der Waals surface area contributed by atoms with Gasteiger partial charge < -0.3 is 0 Å². The molecule has 0 radical (unpaired) electrons. The fraction of sp³-hybridized carbons (Fsp3) is 0.292. The van der Waals surface area contributed by atoms with Crippen molar-refractivity contribution in [1.29, 1.82) is 0 Å². The predicted molar refractivity (Wildman–Crippen MR) is 124 cm³/mol. The van der Waals surface area contributed by atoms with Crippen LogP contribution in [0.4, 0.5) is 4.39 Å². The molecule has 0 unspecified atom stereocenters. The summed E-state index contributed by atoms with van der Waals surface area (Å²) in [7, 11) is 0. The summed E-state index contributed by atoms with van der Waals surface area (Å²) in [6, 6.07) is 14.1. The molecule has 1 saturated heterocycles. The molecule has 2 aliphatic heterocycles. The van der Waals surface area contributed by atoms with Crippen molar-refractivity contribution in [1.82, 2.24) is 9.78 Å². The van der Waals surface area contributed by atoms with Gasteiger partial charge in [-0.05, 0) is 0 Å². The van der Waals surface area contributed by atoms with E-state index in [4.69, 9.17) is 0 Å². The van der Waals surface area contributed by atoms with E-state index in [0.717, 1.165) is 46.2 Å². The molecule has 0 saturated carbocycles. The van der Waals surface area contributed by atoms with E-state index in [1.807, 2.05) is 35.1 Å². The maximum absolute atomic E-state index is 13.3. The van der Waals surface area contributed by atoms with Crippen molar-refractivity contribution < 1.29 is 14.6 Å². The zero-order chi connectivity index (χ0) is 20.7. The van der Waals surface area contributed by atoms with Crippen LogP contribution >= 0.6 is 19.8 Å². The van der Waals surface area contributed by atoms with Gasteiger partial charge in [-0.15, -0.1) is 0 Å². The minimum absolute atomic E-state index is 0.00930. The quantitative estimate of drug-likeness (QED) is 0.371. The normalized spacial score (nSPS) is 20.3. The molecule has 3 aromatic rings. The number of hydrogen-bond acceptors (Lipinski definition) is 3. The van der Waals surface area contributed by atoms with Crippen molar-refractivity contribution in [3.8, 4) is 5.69 Å². The first-order valence-corrected chi connectivity index (χ1v) is 14.0. The third-order valence-electron chi connectivity index (χ3n) is 5.90. The van der Waals surface area contributed by atoms with Gasteiger partial charge in [-0.1, -0.05) is 0 Å². The number of aliphatic hydroxyl groups excluding tert-OH is 2. The van der Waals surface area contributed by atoms with Gasteiger partial charge in [-0.2, -0.15) is 0 Å². The van der Waals surface area contributed by atoms with E-state index in [1.54, 1.807) is 12.1 Å². The Bertz CT molecular complexity index is 1090. The molecular formula is C24H24FIN2O2. The molecule has 0 spiro atoms. The van der Waals surface area contributed by atoms with Crippen molar-refractivity contribution in [2.24, 2.45) is 0 Å². The second kappa shape index (κ2) is 8.24. The van der Waals surface area contributed by atoms with E-state index >= 15 is 0 Å². The average molecular weight is 518 g/mol. The molecule has 0 bridgehead atoms. The van der Waals surface area contributed by atoms with Crippen molar-refractivity contribution in [2.45, 2.75) is 40.3 Å². The molecule has 1 fully saturated rings. The van der Waals surface area contributed by atoms with Crippen LogP contribution in [0.1, 0.15) is 47.8 Å². The molecule has 2 aliphatic rings. The molecule has 156 valence electrons. The number of nitrogens with zero attached hydrogens (tertiary/aromatic N) is 2. The summed E-state index contributed by atoms with van der Waals surface area (Å²) in [6.45, 7) is -0.00930. The first kappa shape index (κ1) is 19.9. The Morgan fingerprint density at radius 2 is 2.03 bits per heavy atom. The molecule has 0 aliphatic carbocycles. The standard InChI is InChI=1S/C24H24FIN2O2/c25-19-7-9-21(10-8-19)28-23-12-20-5-2-6-22(26(20)13-18(23)14-27-28)24(30)17-4-1-3-16(11-17)15-29/h1,3-4,7-12,14,22,24,29-30H,2,5-6,13,15H2/t22-,24+/m1/s1. The van der Waals surface area contributed by atoms with Crippen LogP contribution in [-0.4, -0.2) is 23.9 Å². The van der Waals surface area contributed by atoms with Crippen LogP contribution in [0.15, 0.2) is 58.3 Å². The first-order valence-electron chi connectivity index (χ1n) is 10.2. The van der Waals surface area contributed by atoms with E-state index in [9.17, 15) is 14.6 Å². The second-order valence-electron chi connectivity index (χ2n) is 7.82. The number of hydrogen-bond donors (Lipinski definition) is 2. The molecule has 0 amide bonds. The maximum atomic E-state index is 13.3. The van der Waals surface area contributed by atoms with Gasteiger partial charge in [0.2, 0.25) is 0 Å². The molecule has 6 heteroatoms. The number of rotatable bonds is 4. The third-order valence-corrected chi connectivity index (χ3v) is 13.4. The number of aliphatic hydroxyl groups is 2. The summed E-state index contributed by atoms with van der Waals surface area (Å²) in [6.07, 6.45) is 6.98. The van der Waals surface area contributed by atoms with E-state index in [-0.39, 0.29) is 12.4 Å². The van der Waals surface area contributed by atoms with Gasteiger partial charge in [0, 0.05) is 0 Å². The SMILES string of the molecule is OCc1cccc([C@H](O)[C@H]2CCCC3=Cc4c(cnn4-c4ccc(F)cc4)CI32)c1.